The van der Waals surface area contributed by atoms with Gasteiger partial charge < -0.3 is 9.84 Å². The minimum atomic E-state index is -3.88. The summed E-state index contributed by atoms with van der Waals surface area (Å²) >= 11 is 0. The van der Waals surface area contributed by atoms with Crippen LogP contribution in [0.1, 0.15) is 22.8 Å². The summed E-state index contributed by atoms with van der Waals surface area (Å²) in [7, 11) is -3.88. The third kappa shape index (κ3) is 2.71. The summed E-state index contributed by atoms with van der Waals surface area (Å²) in [5.41, 5.74) is 1.00. The van der Waals surface area contributed by atoms with Gasteiger partial charge in [-0.2, -0.15) is 0 Å². The summed E-state index contributed by atoms with van der Waals surface area (Å²) < 4.78 is 33.2. The Labute approximate surface area is 140 Å². The van der Waals surface area contributed by atoms with E-state index in [9.17, 15) is 18.3 Å². The van der Waals surface area contributed by atoms with Crippen LogP contribution in [0.4, 0.5) is 5.69 Å². The molecule has 3 rings (SSSR count). The van der Waals surface area contributed by atoms with Gasteiger partial charge >= 0.3 is 5.97 Å². The zero-order valence-corrected chi connectivity index (χ0v) is 13.9. The quantitative estimate of drug-likeness (QED) is 0.919. The molecule has 0 radical (unpaired) electrons. The first-order chi connectivity index (χ1) is 11.4. The summed E-state index contributed by atoms with van der Waals surface area (Å²) in [6.45, 7) is 2.26. The Kier molecular flexibility index (Phi) is 4.19. The molecule has 0 saturated heterocycles. The SMILES string of the molecule is CCc1ccc(C(=O)O)cc1S(=O)(=O)N1CCOc2ccccc21. The van der Waals surface area contributed by atoms with Crippen molar-refractivity contribution in [2.45, 2.75) is 18.2 Å². The number of nitrogens with zero attached hydrogens (tertiary/aromatic N) is 1. The summed E-state index contributed by atoms with van der Waals surface area (Å²) in [5.74, 6) is -0.656. The van der Waals surface area contributed by atoms with Gasteiger partial charge in [0.1, 0.15) is 12.4 Å². The molecule has 126 valence electrons. The van der Waals surface area contributed by atoms with Gasteiger partial charge in [0.2, 0.25) is 0 Å². The van der Waals surface area contributed by atoms with E-state index in [0.717, 1.165) is 0 Å². The maximum Gasteiger partial charge on any atom is 0.335 e. The van der Waals surface area contributed by atoms with Gasteiger partial charge in [-0.05, 0) is 36.2 Å². The molecule has 2 aromatic carbocycles. The van der Waals surface area contributed by atoms with Crippen LogP contribution in [-0.4, -0.2) is 32.6 Å². The van der Waals surface area contributed by atoms with E-state index < -0.39 is 16.0 Å². The van der Waals surface area contributed by atoms with E-state index >= 15 is 0 Å². The predicted octanol–water partition coefficient (Wildman–Crippen LogP) is 2.53. The molecule has 1 aliphatic heterocycles. The largest absolute Gasteiger partial charge is 0.489 e. The number of sulfonamides is 1. The highest BCUT2D eigenvalue weighted by Crippen LogP contribution is 2.35. The van der Waals surface area contributed by atoms with Crippen molar-refractivity contribution in [3.63, 3.8) is 0 Å². The van der Waals surface area contributed by atoms with Gasteiger partial charge in [-0.1, -0.05) is 25.1 Å². The number of carboxylic acid groups (broad SMARTS) is 1. The monoisotopic (exact) mass is 347 g/mol. The second-order valence-electron chi connectivity index (χ2n) is 5.37. The van der Waals surface area contributed by atoms with Crippen LogP contribution >= 0.6 is 0 Å². The van der Waals surface area contributed by atoms with Crippen molar-refractivity contribution in [2.75, 3.05) is 17.5 Å². The number of aromatic carboxylic acids is 1. The number of fused-ring (bicyclic) bond motifs is 1. The van der Waals surface area contributed by atoms with Crippen LogP contribution in [0.3, 0.4) is 0 Å². The van der Waals surface area contributed by atoms with Gasteiger partial charge in [-0.25, -0.2) is 13.2 Å². The van der Waals surface area contributed by atoms with Crippen LogP contribution < -0.4 is 9.04 Å². The molecule has 1 heterocycles. The summed E-state index contributed by atoms with van der Waals surface area (Å²) in [4.78, 5) is 11.3. The van der Waals surface area contributed by atoms with Crippen molar-refractivity contribution >= 4 is 21.7 Å². The first-order valence-electron chi connectivity index (χ1n) is 7.56. The van der Waals surface area contributed by atoms with Gasteiger partial charge in [0.25, 0.3) is 10.0 Å². The maximum absolute atomic E-state index is 13.2. The number of carboxylic acids is 1. The van der Waals surface area contributed by atoms with Crippen molar-refractivity contribution in [1.82, 2.24) is 0 Å². The molecule has 0 unspecified atom stereocenters. The molecule has 0 bridgehead atoms. The van der Waals surface area contributed by atoms with Crippen molar-refractivity contribution in [2.24, 2.45) is 0 Å². The minimum absolute atomic E-state index is 0.0293. The van der Waals surface area contributed by atoms with Crippen LogP contribution in [0.5, 0.6) is 5.75 Å². The van der Waals surface area contributed by atoms with Gasteiger partial charge in [0.15, 0.2) is 0 Å². The third-order valence-corrected chi connectivity index (χ3v) is 5.84. The van der Waals surface area contributed by atoms with E-state index in [1.807, 2.05) is 6.92 Å². The van der Waals surface area contributed by atoms with Crippen LogP contribution in [0.2, 0.25) is 0 Å². The summed E-state index contributed by atoms with van der Waals surface area (Å²) in [6, 6.07) is 11.1. The number of ether oxygens (including phenoxy) is 1. The fourth-order valence-electron chi connectivity index (χ4n) is 2.73. The number of para-hydroxylation sites is 2. The maximum atomic E-state index is 13.2. The summed E-state index contributed by atoms with van der Waals surface area (Å²) in [5, 5.41) is 9.18. The van der Waals surface area contributed by atoms with E-state index in [4.69, 9.17) is 4.74 Å². The Morgan fingerprint density at radius 2 is 2.00 bits per heavy atom. The van der Waals surface area contributed by atoms with E-state index in [1.54, 1.807) is 30.3 Å². The van der Waals surface area contributed by atoms with Crippen molar-refractivity contribution in [3.8, 4) is 5.75 Å². The third-order valence-electron chi connectivity index (χ3n) is 3.95. The normalized spacial score (nSPS) is 14.0. The smallest absolute Gasteiger partial charge is 0.335 e. The number of rotatable bonds is 4. The van der Waals surface area contributed by atoms with Gasteiger partial charge in [-0.15, -0.1) is 0 Å². The first-order valence-corrected chi connectivity index (χ1v) is 9.00. The lowest BCUT2D eigenvalue weighted by atomic mass is 10.1. The van der Waals surface area contributed by atoms with Crippen LogP contribution in [-0.2, 0) is 16.4 Å². The molecular weight excluding hydrogens is 330 g/mol. The zero-order valence-electron chi connectivity index (χ0n) is 13.1. The van der Waals surface area contributed by atoms with Crippen molar-refractivity contribution in [1.29, 1.82) is 0 Å². The Morgan fingerprint density at radius 1 is 1.25 bits per heavy atom. The van der Waals surface area contributed by atoms with Crippen LogP contribution in [0.25, 0.3) is 0 Å². The second-order valence-corrected chi connectivity index (χ2v) is 7.21. The Hall–Kier alpha value is -2.54. The molecule has 7 heteroatoms. The Balaban J connectivity index is 2.16. The number of hydrogen-bond donors (Lipinski definition) is 1. The topological polar surface area (TPSA) is 83.9 Å². The standard InChI is InChI=1S/C17H17NO5S/c1-2-12-7-8-13(17(19)20)11-16(12)24(21,22)18-9-10-23-15-6-4-3-5-14(15)18/h3-8,11H,2,9-10H2,1H3,(H,19,20). The minimum Gasteiger partial charge on any atom is -0.489 e. The van der Waals surface area contributed by atoms with Crippen LogP contribution in [0.15, 0.2) is 47.4 Å². The number of aryl methyl sites for hydroxylation is 1. The molecular formula is C17H17NO5S. The van der Waals surface area contributed by atoms with Gasteiger partial charge in [-0.3, -0.25) is 4.31 Å². The predicted molar refractivity (Wildman–Crippen MR) is 89.2 cm³/mol. The lowest BCUT2D eigenvalue weighted by molar-refractivity contribution is 0.0696. The Bertz CT molecular complexity index is 892. The molecule has 2 aromatic rings. The Morgan fingerprint density at radius 3 is 2.71 bits per heavy atom. The number of anilines is 1. The molecule has 0 aliphatic carbocycles. The molecule has 0 fully saturated rings. The van der Waals surface area contributed by atoms with Crippen molar-refractivity contribution in [3.05, 3.63) is 53.6 Å². The summed E-state index contributed by atoms with van der Waals surface area (Å²) in [6.07, 6.45) is 0.487. The lowest BCUT2D eigenvalue weighted by Crippen LogP contribution is -2.38. The molecule has 6 nitrogen and oxygen atoms in total. The van der Waals surface area contributed by atoms with Gasteiger partial charge in [0, 0.05) is 0 Å². The van der Waals surface area contributed by atoms with Gasteiger partial charge in [0.05, 0.1) is 22.7 Å². The zero-order chi connectivity index (χ0) is 17.3. The number of benzene rings is 2. The highest BCUT2D eigenvalue weighted by atomic mass is 32.2. The fraction of sp³-hybridized carbons (Fsp3) is 0.235. The highest BCUT2D eigenvalue weighted by Gasteiger charge is 2.31. The molecule has 0 atom stereocenters. The molecule has 0 saturated carbocycles. The molecule has 0 spiro atoms. The lowest BCUT2D eigenvalue weighted by Gasteiger charge is -2.31. The number of carbonyl (C=O) groups is 1. The molecule has 1 N–H and O–H groups in total. The molecule has 1 aliphatic rings. The molecule has 24 heavy (non-hydrogen) atoms. The van der Waals surface area contributed by atoms with E-state index in [0.29, 0.717) is 23.4 Å². The van der Waals surface area contributed by atoms with E-state index in [2.05, 4.69) is 0 Å². The average Bonchev–Trinajstić information content (AvgIpc) is 2.60. The first kappa shape index (κ1) is 16.3. The van der Waals surface area contributed by atoms with E-state index in [-0.39, 0.29) is 23.6 Å². The number of hydrogen-bond acceptors (Lipinski definition) is 4. The van der Waals surface area contributed by atoms with Crippen molar-refractivity contribution < 1.29 is 23.1 Å². The fourth-order valence-corrected chi connectivity index (χ4v) is 4.51. The van der Waals surface area contributed by atoms with E-state index in [1.165, 1.54) is 16.4 Å². The second kappa shape index (κ2) is 6.16. The average molecular weight is 347 g/mol. The van der Waals surface area contributed by atoms with Crippen LogP contribution in [0, 0.1) is 0 Å². The molecule has 0 aromatic heterocycles. The highest BCUT2D eigenvalue weighted by molar-refractivity contribution is 7.92. The molecule has 0 amide bonds.